The molecule has 0 N–H and O–H groups in total. The van der Waals surface area contributed by atoms with E-state index in [1.165, 1.54) is 49.8 Å². The summed E-state index contributed by atoms with van der Waals surface area (Å²) in [7, 11) is 0. The Morgan fingerprint density at radius 3 is 2.18 bits per heavy atom. The van der Waals surface area contributed by atoms with E-state index in [9.17, 15) is 0 Å². The van der Waals surface area contributed by atoms with Crippen LogP contribution in [-0.4, -0.2) is 19.3 Å². The van der Waals surface area contributed by atoms with Crippen molar-refractivity contribution in [2.75, 3.05) is 0 Å². The largest absolute Gasteiger partial charge is 0.457 e. The van der Waals surface area contributed by atoms with Crippen molar-refractivity contribution in [1.29, 1.82) is 0 Å². The van der Waals surface area contributed by atoms with Crippen LogP contribution in [0.1, 0.15) is 92.9 Å². The maximum absolute atomic E-state index is 6.81. The molecule has 0 amide bonds. The number of aromatic nitrogens is 4. The number of pyridine rings is 1. The van der Waals surface area contributed by atoms with E-state index in [1.54, 1.807) is 0 Å². The lowest BCUT2D eigenvalue weighted by atomic mass is 9.88. The van der Waals surface area contributed by atoms with E-state index < -0.39 is 0 Å². The molecular formula is C45H48N4O. The number of nitrogens with zero attached hydrogens (tertiary/aromatic N) is 4. The second kappa shape index (κ2) is 13.6. The number of unbranched alkanes of at least 4 members (excludes halogenated alkanes) is 1. The molecule has 5 nitrogen and oxygen atoms in total. The first kappa shape index (κ1) is 33.3. The van der Waals surface area contributed by atoms with Crippen molar-refractivity contribution in [3.8, 4) is 34.1 Å². The van der Waals surface area contributed by atoms with Crippen LogP contribution < -0.4 is 4.74 Å². The summed E-state index contributed by atoms with van der Waals surface area (Å²) >= 11 is 0. The highest BCUT2D eigenvalue weighted by molar-refractivity contribution is 6.09. The number of para-hydroxylation sites is 1. The van der Waals surface area contributed by atoms with Gasteiger partial charge in [0.15, 0.2) is 0 Å². The first-order chi connectivity index (χ1) is 24.1. The van der Waals surface area contributed by atoms with Gasteiger partial charge < -0.3 is 4.74 Å². The van der Waals surface area contributed by atoms with Gasteiger partial charge in [-0.05, 0) is 116 Å². The normalized spacial score (nSPS) is 11.8. The predicted octanol–water partition coefficient (Wildman–Crippen LogP) is 12.3. The van der Waals surface area contributed by atoms with Gasteiger partial charge in [-0.3, -0.25) is 4.57 Å². The van der Waals surface area contributed by atoms with E-state index >= 15 is 0 Å². The van der Waals surface area contributed by atoms with Gasteiger partial charge in [0.05, 0.1) is 28.1 Å². The molecule has 4 aromatic carbocycles. The molecule has 0 atom stereocenters. The standard InChI is InChI=1S/C45H48N4O/c1-9-10-16-33-24-34(49-45(29(4)5)43(44(47-49)28(2)3)42-31(7)14-13-15-32(42)8)26-36(25-33)50-35-19-20-38-37-17-11-12-18-39(37)48(40(38)27-35)41-23-30(6)21-22-46-41/h11-15,17-29H,9-10,16H2,1-8H3. The molecule has 7 aromatic rings. The van der Waals surface area contributed by atoms with E-state index in [0.717, 1.165) is 59.0 Å². The molecule has 254 valence electrons. The minimum Gasteiger partial charge on any atom is -0.457 e. The van der Waals surface area contributed by atoms with Gasteiger partial charge in [-0.25, -0.2) is 9.67 Å². The van der Waals surface area contributed by atoms with Crippen molar-refractivity contribution in [3.05, 3.63) is 131 Å². The number of rotatable bonds is 10. The molecule has 3 heterocycles. The summed E-state index contributed by atoms with van der Waals surface area (Å²) in [6.07, 6.45) is 5.10. The molecule has 0 aliphatic rings. The third kappa shape index (κ3) is 6.10. The first-order valence-electron chi connectivity index (χ1n) is 18.1. The molecule has 0 saturated heterocycles. The minimum atomic E-state index is 0.257. The molecular weight excluding hydrogens is 613 g/mol. The Balaban J connectivity index is 1.39. The minimum absolute atomic E-state index is 0.257. The van der Waals surface area contributed by atoms with Crippen LogP contribution >= 0.6 is 0 Å². The zero-order valence-corrected chi connectivity index (χ0v) is 30.7. The van der Waals surface area contributed by atoms with Crippen molar-refractivity contribution >= 4 is 21.8 Å². The maximum atomic E-state index is 6.81. The fraction of sp³-hybridized carbons (Fsp3) is 0.289. The van der Waals surface area contributed by atoms with Crippen LogP contribution in [0, 0.1) is 20.8 Å². The van der Waals surface area contributed by atoms with Crippen molar-refractivity contribution in [2.45, 2.75) is 86.5 Å². The van der Waals surface area contributed by atoms with Gasteiger partial charge in [0.1, 0.15) is 17.3 Å². The summed E-state index contributed by atoms with van der Waals surface area (Å²) in [5.74, 6) is 3.03. The fourth-order valence-corrected chi connectivity index (χ4v) is 7.44. The number of aryl methyl sites for hydroxylation is 4. The third-order valence-electron chi connectivity index (χ3n) is 9.80. The summed E-state index contributed by atoms with van der Waals surface area (Å²) in [4.78, 5) is 4.77. The lowest BCUT2D eigenvalue weighted by molar-refractivity contribution is 0.481. The van der Waals surface area contributed by atoms with E-state index in [0.29, 0.717) is 0 Å². The van der Waals surface area contributed by atoms with Crippen LogP contribution in [0.3, 0.4) is 0 Å². The molecule has 0 aliphatic carbocycles. The maximum Gasteiger partial charge on any atom is 0.137 e. The van der Waals surface area contributed by atoms with Crippen LogP contribution in [0.15, 0.2) is 97.2 Å². The van der Waals surface area contributed by atoms with Crippen molar-refractivity contribution in [1.82, 2.24) is 19.3 Å². The van der Waals surface area contributed by atoms with Crippen LogP contribution in [0.5, 0.6) is 11.5 Å². The Morgan fingerprint density at radius 1 is 0.700 bits per heavy atom. The highest BCUT2D eigenvalue weighted by Crippen LogP contribution is 2.41. The average molecular weight is 661 g/mol. The quantitative estimate of drug-likeness (QED) is 0.147. The van der Waals surface area contributed by atoms with E-state index in [-0.39, 0.29) is 11.8 Å². The lowest BCUT2D eigenvalue weighted by Gasteiger charge is -2.18. The molecule has 50 heavy (non-hydrogen) atoms. The number of ether oxygens (including phenoxy) is 1. The van der Waals surface area contributed by atoms with Crippen LogP contribution in [0.25, 0.3) is 44.4 Å². The van der Waals surface area contributed by atoms with Gasteiger partial charge in [0, 0.05) is 34.7 Å². The van der Waals surface area contributed by atoms with Gasteiger partial charge in [0.25, 0.3) is 0 Å². The number of fused-ring (bicyclic) bond motifs is 3. The molecule has 0 bridgehead atoms. The zero-order valence-electron chi connectivity index (χ0n) is 30.7. The second-order valence-corrected chi connectivity index (χ2v) is 14.4. The molecule has 0 unspecified atom stereocenters. The number of hydrogen-bond acceptors (Lipinski definition) is 3. The monoisotopic (exact) mass is 660 g/mol. The van der Waals surface area contributed by atoms with Gasteiger partial charge >= 0.3 is 0 Å². The van der Waals surface area contributed by atoms with Gasteiger partial charge in [0.2, 0.25) is 0 Å². The van der Waals surface area contributed by atoms with Crippen LogP contribution in [0.4, 0.5) is 0 Å². The zero-order chi connectivity index (χ0) is 35.1. The molecule has 7 rings (SSSR count). The molecule has 3 aromatic heterocycles. The molecule has 0 radical (unpaired) electrons. The smallest absolute Gasteiger partial charge is 0.137 e. The summed E-state index contributed by atoms with van der Waals surface area (Å²) < 4.78 is 11.3. The molecule has 0 aliphatic heterocycles. The molecule has 0 saturated carbocycles. The van der Waals surface area contributed by atoms with Gasteiger partial charge in [-0.1, -0.05) is 77.4 Å². The average Bonchev–Trinajstić information content (AvgIpc) is 3.64. The second-order valence-electron chi connectivity index (χ2n) is 14.4. The van der Waals surface area contributed by atoms with Gasteiger partial charge in [-0.2, -0.15) is 5.10 Å². The highest BCUT2D eigenvalue weighted by Gasteiger charge is 2.26. The third-order valence-corrected chi connectivity index (χ3v) is 9.80. The van der Waals surface area contributed by atoms with Gasteiger partial charge in [-0.15, -0.1) is 0 Å². The highest BCUT2D eigenvalue weighted by atomic mass is 16.5. The summed E-state index contributed by atoms with van der Waals surface area (Å²) in [6, 6.07) is 32.4. The van der Waals surface area contributed by atoms with E-state index in [2.05, 4.69) is 150 Å². The predicted molar refractivity (Wildman–Crippen MR) is 209 cm³/mol. The Kier molecular flexibility index (Phi) is 9.09. The Labute approximate surface area is 296 Å². The summed E-state index contributed by atoms with van der Waals surface area (Å²) in [6.45, 7) is 17.9. The Hall–Kier alpha value is -5.16. The number of hydrogen-bond donors (Lipinski definition) is 0. The topological polar surface area (TPSA) is 44.9 Å². The van der Waals surface area contributed by atoms with Crippen molar-refractivity contribution < 1.29 is 4.74 Å². The molecule has 0 fully saturated rings. The number of benzene rings is 4. The van der Waals surface area contributed by atoms with Crippen LogP contribution in [-0.2, 0) is 6.42 Å². The first-order valence-corrected chi connectivity index (χ1v) is 18.1. The Bertz CT molecular complexity index is 2320. The van der Waals surface area contributed by atoms with Crippen molar-refractivity contribution in [2.24, 2.45) is 0 Å². The molecule has 0 spiro atoms. The Morgan fingerprint density at radius 2 is 1.46 bits per heavy atom. The van der Waals surface area contributed by atoms with Crippen LogP contribution in [0.2, 0.25) is 0 Å². The summed E-state index contributed by atoms with van der Waals surface area (Å²) in [5.41, 5.74) is 13.2. The van der Waals surface area contributed by atoms with E-state index in [4.69, 9.17) is 14.8 Å². The SMILES string of the molecule is CCCCc1cc(Oc2ccc3c4ccccc4n(-c4cc(C)ccn4)c3c2)cc(-n2nc(C(C)C)c(-c3c(C)cccc3C)c2C(C)C)c1. The fourth-order valence-electron chi connectivity index (χ4n) is 7.44. The van der Waals surface area contributed by atoms with Crippen molar-refractivity contribution in [3.63, 3.8) is 0 Å². The molecule has 5 heteroatoms. The lowest BCUT2D eigenvalue weighted by Crippen LogP contribution is -2.06. The summed E-state index contributed by atoms with van der Waals surface area (Å²) in [5, 5.41) is 7.77. The van der Waals surface area contributed by atoms with E-state index in [1.807, 2.05) is 12.3 Å².